The van der Waals surface area contributed by atoms with E-state index in [1.807, 2.05) is 13.8 Å². The van der Waals surface area contributed by atoms with Gasteiger partial charge in [0.2, 0.25) is 5.79 Å². The van der Waals surface area contributed by atoms with E-state index in [9.17, 15) is 15.0 Å². The predicted molar refractivity (Wildman–Crippen MR) is 193 cm³/mol. The molecule has 4 fully saturated rings. The van der Waals surface area contributed by atoms with E-state index in [0.29, 0.717) is 38.0 Å². The Hall–Kier alpha value is -1.84. The summed E-state index contributed by atoms with van der Waals surface area (Å²) in [4.78, 5) is 18.1. The van der Waals surface area contributed by atoms with Gasteiger partial charge in [-0.25, -0.2) is 0 Å². The summed E-state index contributed by atoms with van der Waals surface area (Å²) < 4.78 is 26.4. The average molecular weight is 694 g/mol. The lowest BCUT2D eigenvalue weighted by Crippen LogP contribution is -2.60. The van der Waals surface area contributed by atoms with Crippen molar-refractivity contribution in [3.8, 4) is 0 Å². The first-order chi connectivity index (χ1) is 23.6. The molecule has 3 spiro atoms. The van der Waals surface area contributed by atoms with Crippen LogP contribution in [0.25, 0.3) is 0 Å². The first-order valence-corrected chi connectivity index (χ1v) is 19.9. The van der Waals surface area contributed by atoms with Crippen LogP contribution < -0.4 is 0 Å². The molecule has 0 aromatic carbocycles. The predicted octanol–water partition coefficient (Wildman–Crippen LogP) is 7.91. The number of cyclic esters (lactones) is 1. The monoisotopic (exact) mass is 693 g/mol. The van der Waals surface area contributed by atoms with Gasteiger partial charge in [-0.2, -0.15) is 0 Å². The maximum atomic E-state index is 12.7. The standard InChI is InChI=1S/C42H63NO7/c1-25-9-8-10-37-40(14-11-26(2)24-43-37)22-31(30(6)33(23-40)36-19-28(4)38(45)47-36)18-27(3)34(44)20-35-29(5)21-41(49-35)15-16-42(50-41)39(7,46)13-12-32(17-25)48-42/h18,26,28-29,31-32,34-36,44,46H,1,8-17,19-24H2,2-7H3/b27-18+/t26-,28?,29-,31-,32-,34-,35+,36?,39-,40-,41?,42?/m1/s1. The Morgan fingerprint density at radius 2 is 1.80 bits per heavy atom. The second kappa shape index (κ2) is 13.5. The molecule has 7 rings (SSSR count). The zero-order valence-corrected chi connectivity index (χ0v) is 31.6. The Labute approximate surface area is 300 Å². The lowest BCUT2D eigenvalue weighted by atomic mass is 9.60. The van der Waals surface area contributed by atoms with Gasteiger partial charge in [0.25, 0.3) is 0 Å². The summed E-state index contributed by atoms with van der Waals surface area (Å²) in [6.07, 6.45) is 13.3. The Morgan fingerprint density at radius 3 is 2.56 bits per heavy atom. The van der Waals surface area contributed by atoms with E-state index in [-0.39, 0.29) is 47.4 Å². The molecule has 0 aromatic heterocycles. The molecule has 4 saturated heterocycles. The van der Waals surface area contributed by atoms with Gasteiger partial charge in [-0.1, -0.05) is 44.6 Å². The summed E-state index contributed by atoms with van der Waals surface area (Å²) >= 11 is 0. The van der Waals surface area contributed by atoms with Crippen LogP contribution in [0.2, 0.25) is 0 Å². The Morgan fingerprint density at radius 1 is 1.00 bits per heavy atom. The summed E-state index contributed by atoms with van der Waals surface area (Å²) in [5.41, 5.74) is 4.78. The smallest absolute Gasteiger partial charge is 0.309 e. The number of carbonyl (C=O) groups is 1. The molecule has 4 unspecified atom stereocenters. The van der Waals surface area contributed by atoms with Crippen molar-refractivity contribution in [3.05, 3.63) is 34.9 Å². The zero-order chi connectivity index (χ0) is 35.6. The number of aliphatic hydroxyl groups excluding tert-OH is 1. The molecule has 0 radical (unpaired) electrons. The summed E-state index contributed by atoms with van der Waals surface area (Å²) in [5.74, 6) is -1.30. The maximum absolute atomic E-state index is 12.7. The fraction of sp³-hybridized carbons (Fsp3) is 0.810. The molecule has 8 nitrogen and oxygen atoms in total. The van der Waals surface area contributed by atoms with Crippen molar-refractivity contribution in [2.45, 2.75) is 179 Å². The van der Waals surface area contributed by atoms with Crippen LogP contribution in [0.5, 0.6) is 0 Å². The second-order valence-corrected chi connectivity index (χ2v) is 18.1. The van der Waals surface area contributed by atoms with Crippen LogP contribution >= 0.6 is 0 Å². The van der Waals surface area contributed by atoms with Crippen LogP contribution in [-0.2, 0) is 23.7 Å². The highest BCUT2D eigenvalue weighted by Gasteiger charge is 2.64. The van der Waals surface area contributed by atoms with Gasteiger partial charge >= 0.3 is 5.97 Å². The number of carbonyl (C=O) groups excluding carboxylic acids is 1. The highest BCUT2D eigenvalue weighted by molar-refractivity contribution is 5.91. The number of fused-ring (bicyclic) bond motifs is 3. The molecule has 6 aliphatic heterocycles. The van der Waals surface area contributed by atoms with Crippen molar-refractivity contribution in [1.29, 1.82) is 0 Å². The number of rotatable bonds is 1. The highest BCUT2D eigenvalue weighted by Crippen LogP contribution is 2.56. The molecule has 6 heterocycles. The first-order valence-electron chi connectivity index (χ1n) is 19.9. The number of aliphatic hydroxyl groups is 2. The lowest BCUT2D eigenvalue weighted by Gasteiger charge is -2.49. The van der Waals surface area contributed by atoms with Crippen molar-refractivity contribution < 1.29 is 34.0 Å². The highest BCUT2D eigenvalue weighted by atomic mass is 16.8. The first kappa shape index (κ1) is 36.5. The number of aliphatic imine (C=N–C) groups is 1. The van der Waals surface area contributed by atoms with Crippen molar-refractivity contribution in [3.63, 3.8) is 0 Å². The summed E-state index contributed by atoms with van der Waals surface area (Å²) in [6.45, 7) is 18.0. The van der Waals surface area contributed by atoms with Crippen molar-refractivity contribution in [2.24, 2.45) is 34.1 Å². The molecule has 0 amide bonds. The number of nitrogens with zero attached hydrogens (tertiary/aromatic N) is 1. The quantitative estimate of drug-likeness (QED) is 0.212. The molecule has 8 heteroatoms. The minimum Gasteiger partial charge on any atom is -0.458 e. The van der Waals surface area contributed by atoms with E-state index >= 15 is 0 Å². The summed E-state index contributed by atoms with van der Waals surface area (Å²) in [5, 5.41) is 23.4. The molecule has 0 aromatic rings. The molecule has 2 N–H and O–H groups in total. The normalized spacial score (nSPS) is 48.6. The van der Waals surface area contributed by atoms with Crippen molar-refractivity contribution >= 4 is 11.7 Å². The van der Waals surface area contributed by atoms with Crippen LogP contribution in [0.1, 0.15) is 138 Å². The third kappa shape index (κ3) is 6.74. The molecule has 6 bridgehead atoms. The number of allylic oxidation sites excluding steroid dienone is 2. The van der Waals surface area contributed by atoms with Crippen LogP contribution in [0.15, 0.2) is 39.9 Å². The van der Waals surface area contributed by atoms with Gasteiger partial charge in [0, 0.05) is 49.8 Å². The van der Waals surface area contributed by atoms with Crippen LogP contribution in [0, 0.1) is 29.1 Å². The third-order valence-electron chi connectivity index (χ3n) is 14.0. The van der Waals surface area contributed by atoms with E-state index in [4.69, 9.17) is 23.9 Å². The average Bonchev–Trinajstić information content (AvgIpc) is 3.66. The summed E-state index contributed by atoms with van der Waals surface area (Å²) in [6, 6.07) is 0. The fourth-order valence-electron chi connectivity index (χ4n) is 10.6. The minimum absolute atomic E-state index is 0.0681. The largest absolute Gasteiger partial charge is 0.458 e. The molecule has 7 aliphatic rings. The van der Waals surface area contributed by atoms with Crippen LogP contribution in [-0.4, -0.2) is 70.0 Å². The Balaban J connectivity index is 1.24. The van der Waals surface area contributed by atoms with Crippen LogP contribution in [0.3, 0.4) is 0 Å². The van der Waals surface area contributed by atoms with Crippen molar-refractivity contribution in [2.75, 3.05) is 6.54 Å². The third-order valence-corrected chi connectivity index (χ3v) is 14.0. The SMILES string of the molecule is C=C1CCCC2=NC[C@H](C)CC[C@@]23CC(C2CC(C)C(=O)O2)=C(C)[C@H](/C=C(\C)[C@H](O)C[C@@H]2OC4(CCC5(O[C@H](CC[C@@]5(C)O)C1)O4)C[C@H]2C)C3. The van der Waals surface area contributed by atoms with Gasteiger partial charge in [0.05, 0.1) is 24.2 Å². The van der Waals surface area contributed by atoms with Crippen LogP contribution in [0.4, 0.5) is 0 Å². The molecule has 12 atom stereocenters. The summed E-state index contributed by atoms with van der Waals surface area (Å²) in [7, 11) is 0. The minimum atomic E-state index is -1.12. The maximum Gasteiger partial charge on any atom is 0.309 e. The number of esters is 1. The van der Waals surface area contributed by atoms with E-state index in [2.05, 4.69) is 40.3 Å². The van der Waals surface area contributed by atoms with Gasteiger partial charge in [-0.15, -0.1) is 0 Å². The lowest BCUT2D eigenvalue weighted by molar-refractivity contribution is -0.387. The number of hydrogen-bond donors (Lipinski definition) is 2. The number of ether oxygens (including phenoxy) is 4. The molecule has 278 valence electrons. The van der Waals surface area contributed by atoms with Gasteiger partial charge in [0.1, 0.15) is 11.7 Å². The zero-order valence-electron chi connectivity index (χ0n) is 31.6. The molecular weight excluding hydrogens is 630 g/mol. The van der Waals surface area contributed by atoms with Gasteiger partial charge in [-0.05, 0) is 114 Å². The van der Waals surface area contributed by atoms with E-state index in [1.54, 1.807) is 0 Å². The fourth-order valence-corrected chi connectivity index (χ4v) is 10.6. The van der Waals surface area contributed by atoms with Crippen molar-refractivity contribution in [1.82, 2.24) is 0 Å². The second-order valence-electron chi connectivity index (χ2n) is 18.1. The number of hydrogen-bond acceptors (Lipinski definition) is 8. The van der Waals surface area contributed by atoms with E-state index < -0.39 is 23.3 Å². The van der Waals surface area contributed by atoms with Gasteiger partial charge in [0.15, 0.2) is 5.79 Å². The van der Waals surface area contributed by atoms with Gasteiger partial charge < -0.3 is 29.2 Å². The molecular formula is C42H63NO7. The molecule has 0 saturated carbocycles. The van der Waals surface area contributed by atoms with E-state index in [0.717, 1.165) is 76.3 Å². The Bertz CT molecular complexity index is 1450. The Kier molecular flexibility index (Phi) is 9.89. The molecule has 1 aliphatic carbocycles. The van der Waals surface area contributed by atoms with Gasteiger partial charge in [-0.3, -0.25) is 9.79 Å². The topological polar surface area (TPSA) is 107 Å². The molecule has 50 heavy (non-hydrogen) atoms. The van der Waals surface area contributed by atoms with E-state index in [1.165, 1.54) is 22.4 Å².